The molecule has 0 spiro atoms. The fourth-order valence-corrected chi connectivity index (χ4v) is 2.95. The highest BCUT2D eigenvalue weighted by atomic mass is 16.6. The molecule has 7 nitrogen and oxygen atoms in total. The molecule has 2 aliphatic heterocycles. The summed E-state index contributed by atoms with van der Waals surface area (Å²) >= 11 is 0. The van der Waals surface area contributed by atoms with Crippen LogP contribution in [0.3, 0.4) is 0 Å². The Hall–Kier alpha value is -2.15. The van der Waals surface area contributed by atoms with Crippen molar-refractivity contribution in [3.63, 3.8) is 0 Å². The Labute approximate surface area is 135 Å². The lowest BCUT2D eigenvalue weighted by molar-refractivity contribution is -0.154. The molecule has 2 atom stereocenters. The molecule has 0 unspecified atom stereocenters. The van der Waals surface area contributed by atoms with Gasteiger partial charge >= 0.3 is 5.97 Å². The van der Waals surface area contributed by atoms with E-state index in [2.05, 4.69) is 19.9 Å². The van der Waals surface area contributed by atoms with Gasteiger partial charge in [-0.3, -0.25) is 4.79 Å². The molecule has 2 aliphatic rings. The van der Waals surface area contributed by atoms with Crippen LogP contribution < -0.4 is 10.2 Å². The summed E-state index contributed by atoms with van der Waals surface area (Å²) < 4.78 is 10.1. The number of esters is 1. The monoisotopic (exact) mass is 319 g/mol. The van der Waals surface area contributed by atoms with Gasteiger partial charge in [-0.15, -0.1) is 0 Å². The molecule has 7 heteroatoms. The maximum absolute atomic E-state index is 12.2. The summed E-state index contributed by atoms with van der Waals surface area (Å²) in [4.78, 5) is 30.2. The number of nitrogens with zero attached hydrogens (tertiary/aromatic N) is 2. The molecule has 0 bridgehead atoms. The van der Waals surface area contributed by atoms with Crippen LogP contribution in [-0.2, 0) is 19.1 Å². The van der Waals surface area contributed by atoms with Crippen LogP contribution in [0.2, 0.25) is 0 Å². The summed E-state index contributed by atoms with van der Waals surface area (Å²) in [5.41, 5.74) is 0.628. The van der Waals surface area contributed by atoms with Crippen molar-refractivity contribution < 1.29 is 19.1 Å². The van der Waals surface area contributed by atoms with Crippen molar-refractivity contribution in [3.05, 3.63) is 18.3 Å². The molecule has 1 N–H and O–H groups in total. The quantitative estimate of drug-likeness (QED) is 0.844. The van der Waals surface area contributed by atoms with Crippen LogP contribution >= 0.6 is 0 Å². The zero-order valence-electron chi connectivity index (χ0n) is 13.2. The highest BCUT2D eigenvalue weighted by Gasteiger charge is 2.35. The first-order valence-electron chi connectivity index (χ1n) is 7.92. The van der Waals surface area contributed by atoms with Crippen LogP contribution in [0.5, 0.6) is 0 Å². The van der Waals surface area contributed by atoms with Crippen molar-refractivity contribution in [1.82, 2.24) is 4.98 Å². The fraction of sp³-hybridized carbons (Fsp3) is 0.562. The van der Waals surface area contributed by atoms with Crippen molar-refractivity contribution >= 4 is 23.4 Å². The molecule has 0 radical (unpaired) electrons. The molecule has 0 saturated carbocycles. The molecule has 1 amide bonds. The minimum Gasteiger partial charge on any atom is -0.467 e. The summed E-state index contributed by atoms with van der Waals surface area (Å²) in [7, 11) is 1.31. The molecule has 0 aliphatic carbocycles. The molecule has 2 saturated heterocycles. The van der Waals surface area contributed by atoms with Crippen LogP contribution in [0.1, 0.15) is 25.7 Å². The second-order valence-electron chi connectivity index (χ2n) is 5.80. The Balaban J connectivity index is 1.54. The molecule has 1 aromatic heterocycles. The predicted molar refractivity (Wildman–Crippen MR) is 84.2 cm³/mol. The smallest absolute Gasteiger partial charge is 0.335 e. The van der Waals surface area contributed by atoms with Crippen molar-refractivity contribution in [2.24, 2.45) is 0 Å². The van der Waals surface area contributed by atoms with E-state index in [1.165, 1.54) is 20.0 Å². The van der Waals surface area contributed by atoms with Crippen LogP contribution in [0.15, 0.2) is 18.3 Å². The number of rotatable bonds is 4. The van der Waals surface area contributed by atoms with E-state index in [1.807, 2.05) is 12.1 Å². The van der Waals surface area contributed by atoms with E-state index in [0.717, 1.165) is 18.9 Å². The van der Waals surface area contributed by atoms with E-state index in [4.69, 9.17) is 4.74 Å². The van der Waals surface area contributed by atoms with Gasteiger partial charge in [-0.05, 0) is 37.8 Å². The van der Waals surface area contributed by atoms with Gasteiger partial charge in [0.2, 0.25) is 0 Å². The second-order valence-corrected chi connectivity index (χ2v) is 5.80. The average molecular weight is 319 g/mol. The molecule has 3 heterocycles. The number of anilines is 2. The van der Waals surface area contributed by atoms with Gasteiger partial charge in [-0.1, -0.05) is 0 Å². The SMILES string of the molecule is COC(=O)[C@H]1CC[C@@H](C(=O)Nc2ccc(N3CCCC3)nc2)O1. The molecule has 2 fully saturated rings. The minimum atomic E-state index is -0.647. The molecular weight excluding hydrogens is 298 g/mol. The summed E-state index contributed by atoms with van der Waals surface area (Å²) in [6.45, 7) is 2.06. The van der Waals surface area contributed by atoms with Gasteiger partial charge in [0.05, 0.1) is 19.0 Å². The number of ether oxygens (including phenoxy) is 2. The van der Waals surface area contributed by atoms with Gasteiger partial charge < -0.3 is 19.7 Å². The minimum absolute atomic E-state index is 0.257. The highest BCUT2D eigenvalue weighted by Crippen LogP contribution is 2.23. The summed E-state index contributed by atoms with van der Waals surface area (Å²) in [6.07, 6.45) is 3.77. The van der Waals surface area contributed by atoms with E-state index in [9.17, 15) is 9.59 Å². The van der Waals surface area contributed by atoms with E-state index in [-0.39, 0.29) is 5.91 Å². The van der Waals surface area contributed by atoms with Crippen molar-refractivity contribution in [2.45, 2.75) is 37.9 Å². The van der Waals surface area contributed by atoms with Crippen LogP contribution in [-0.4, -0.2) is 49.3 Å². The summed E-state index contributed by atoms with van der Waals surface area (Å²) in [5, 5.41) is 2.78. The lowest BCUT2D eigenvalue weighted by Crippen LogP contribution is -2.30. The van der Waals surface area contributed by atoms with Crippen molar-refractivity contribution in [2.75, 3.05) is 30.4 Å². The van der Waals surface area contributed by atoms with Gasteiger partial charge in [0.25, 0.3) is 5.91 Å². The Morgan fingerprint density at radius 1 is 1.26 bits per heavy atom. The number of hydrogen-bond acceptors (Lipinski definition) is 6. The first-order chi connectivity index (χ1) is 11.2. The first kappa shape index (κ1) is 15.7. The Morgan fingerprint density at radius 3 is 2.65 bits per heavy atom. The van der Waals surface area contributed by atoms with Crippen molar-refractivity contribution in [3.8, 4) is 0 Å². The van der Waals surface area contributed by atoms with E-state index >= 15 is 0 Å². The van der Waals surface area contributed by atoms with Crippen LogP contribution in [0.25, 0.3) is 0 Å². The Morgan fingerprint density at radius 2 is 2.00 bits per heavy atom. The van der Waals surface area contributed by atoms with Gasteiger partial charge in [0.15, 0.2) is 6.10 Å². The summed E-state index contributed by atoms with van der Waals surface area (Å²) in [5.74, 6) is 0.243. The molecule has 1 aromatic rings. The van der Waals surface area contributed by atoms with Gasteiger partial charge in [0.1, 0.15) is 11.9 Å². The Bertz CT molecular complexity index is 569. The van der Waals surface area contributed by atoms with E-state index < -0.39 is 18.2 Å². The lowest BCUT2D eigenvalue weighted by Gasteiger charge is -2.17. The largest absolute Gasteiger partial charge is 0.467 e. The topological polar surface area (TPSA) is 80.8 Å². The van der Waals surface area contributed by atoms with Crippen molar-refractivity contribution in [1.29, 1.82) is 0 Å². The third-order valence-electron chi connectivity index (χ3n) is 4.22. The molecule has 0 aromatic carbocycles. The maximum atomic E-state index is 12.2. The fourth-order valence-electron chi connectivity index (χ4n) is 2.95. The van der Waals surface area contributed by atoms with Gasteiger partial charge in [0, 0.05) is 13.1 Å². The number of hydrogen-bond donors (Lipinski definition) is 1. The van der Waals surface area contributed by atoms with Gasteiger partial charge in [-0.25, -0.2) is 9.78 Å². The number of carbonyl (C=O) groups excluding carboxylic acids is 2. The average Bonchev–Trinajstić information content (AvgIpc) is 3.26. The number of pyridine rings is 1. The van der Waals surface area contributed by atoms with Crippen LogP contribution in [0, 0.1) is 0 Å². The molecule has 124 valence electrons. The number of carbonyl (C=O) groups is 2. The van der Waals surface area contributed by atoms with E-state index in [0.29, 0.717) is 18.5 Å². The van der Waals surface area contributed by atoms with E-state index in [1.54, 1.807) is 6.20 Å². The molecule has 23 heavy (non-hydrogen) atoms. The number of aromatic nitrogens is 1. The zero-order valence-corrected chi connectivity index (χ0v) is 13.2. The molecular formula is C16H21N3O4. The lowest BCUT2D eigenvalue weighted by atomic mass is 10.2. The normalized spacial score (nSPS) is 23.8. The third-order valence-corrected chi connectivity index (χ3v) is 4.22. The van der Waals surface area contributed by atoms with Gasteiger partial charge in [-0.2, -0.15) is 0 Å². The number of nitrogens with one attached hydrogen (secondary N) is 1. The number of methoxy groups -OCH3 is 1. The van der Waals surface area contributed by atoms with Crippen LogP contribution in [0.4, 0.5) is 11.5 Å². The first-order valence-corrected chi connectivity index (χ1v) is 7.92. The second kappa shape index (κ2) is 6.95. The Kier molecular flexibility index (Phi) is 4.76. The molecule has 3 rings (SSSR count). The standard InChI is InChI=1S/C16H21N3O4/c1-22-16(21)13-6-5-12(23-13)15(20)18-11-4-7-14(17-10-11)19-8-2-3-9-19/h4,7,10,12-13H,2-3,5-6,8-9H2,1H3,(H,18,20)/t12-,13+/m0/s1. The maximum Gasteiger partial charge on any atom is 0.335 e. The third kappa shape index (κ3) is 3.61. The number of amides is 1. The predicted octanol–water partition coefficient (Wildman–Crippen LogP) is 1.34. The highest BCUT2D eigenvalue weighted by molar-refractivity contribution is 5.94. The zero-order chi connectivity index (χ0) is 16.2. The summed E-state index contributed by atoms with van der Waals surface area (Å²) in [6, 6.07) is 3.75.